The fourth-order valence-corrected chi connectivity index (χ4v) is 2.36. The minimum atomic E-state index is -1.76. The maximum absolute atomic E-state index is 5.86. The van der Waals surface area contributed by atoms with E-state index in [-0.39, 0.29) is 0 Å². The first-order valence-corrected chi connectivity index (χ1v) is 5.52. The first-order chi connectivity index (χ1) is 5.63. The fraction of sp³-hybridized carbons (Fsp3) is 0.667. The van der Waals surface area contributed by atoms with Crippen molar-refractivity contribution in [2.45, 2.75) is 19.0 Å². The summed E-state index contributed by atoms with van der Waals surface area (Å²) in [5.41, 5.74) is 5.58. The van der Waals surface area contributed by atoms with Crippen LogP contribution in [0, 0.1) is 0 Å². The van der Waals surface area contributed by atoms with E-state index in [0.717, 1.165) is 0 Å². The van der Waals surface area contributed by atoms with Crippen LogP contribution in [0.25, 0.3) is 0 Å². The number of nitrogens with two attached hydrogens (primary N) is 1. The molecule has 2 unspecified atom stereocenters. The van der Waals surface area contributed by atoms with Crippen LogP contribution in [0.1, 0.15) is 0 Å². The van der Waals surface area contributed by atoms with Crippen molar-refractivity contribution < 1.29 is 0 Å². The van der Waals surface area contributed by atoms with Gasteiger partial charge in [0.1, 0.15) is 5.00 Å². The van der Waals surface area contributed by atoms with E-state index in [2.05, 4.69) is 0 Å². The van der Waals surface area contributed by atoms with E-state index in [0.29, 0.717) is 0 Å². The van der Waals surface area contributed by atoms with Gasteiger partial charge in [-0.15, -0.1) is 11.6 Å². The Morgan fingerprint density at radius 1 is 1.08 bits per heavy atom. The van der Waals surface area contributed by atoms with Gasteiger partial charge < -0.3 is 5.73 Å². The van der Waals surface area contributed by atoms with Crippen LogP contribution in [0.4, 0.5) is 0 Å². The third-order valence-electron chi connectivity index (χ3n) is 1.75. The van der Waals surface area contributed by atoms with Gasteiger partial charge in [0.05, 0.1) is 5.38 Å². The Balaban J connectivity index is 3.22. The molecule has 0 radical (unpaired) electrons. The van der Waals surface area contributed by atoms with E-state index in [9.17, 15) is 0 Å². The summed E-state index contributed by atoms with van der Waals surface area (Å²) >= 11 is 35.0. The van der Waals surface area contributed by atoms with Crippen LogP contribution in [-0.2, 0) is 0 Å². The number of rotatable bonds is 0. The molecular weight excluding hydrogens is 299 g/mol. The maximum atomic E-state index is 5.86. The molecule has 0 aromatic heterocycles. The quantitative estimate of drug-likeness (QED) is 0.414. The predicted octanol–water partition coefficient (Wildman–Crippen LogP) is 3.41. The van der Waals surface area contributed by atoms with Crippen LogP contribution in [0.3, 0.4) is 0 Å². The smallest absolute Gasteiger partial charge is 0.187 e. The maximum Gasteiger partial charge on any atom is 0.187 e. The Labute approximate surface area is 106 Å². The normalized spacial score (nSPS) is 41.9. The van der Waals surface area contributed by atoms with Gasteiger partial charge in [0, 0.05) is 0 Å². The van der Waals surface area contributed by atoms with Gasteiger partial charge in [0.2, 0.25) is 0 Å². The zero-order valence-electron chi connectivity index (χ0n) is 6.08. The van der Waals surface area contributed by atoms with E-state index in [1.807, 2.05) is 0 Å². The van der Waals surface area contributed by atoms with Crippen molar-refractivity contribution in [2.75, 3.05) is 0 Å². The molecule has 13 heavy (non-hydrogen) atoms. The van der Waals surface area contributed by atoms with Crippen LogP contribution in [-0.4, -0.2) is 19.0 Å². The Morgan fingerprint density at radius 3 is 1.92 bits per heavy atom. The molecule has 1 aliphatic rings. The second kappa shape index (κ2) is 3.48. The van der Waals surface area contributed by atoms with Crippen molar-refractivity contribution in [3.8, 4) is 0 Å². The molecule has 0 amide bonds. The Hall–Kier alpha value is 1.44. The second-order valence-corrected chi connectivity index (χ2v) is 6.54. The van der Waals surface area contributed by atoms with Crippen molar-refractivity contribution in [1.29, 1.82) is 0 Å². The molecule has 7 heteroatoms. The average molecular weight is 304 g/mol. The summed E-state index contributed by atoms with van der Waals surface area (Å²) in [6.07, 6.45) is 2.83. The third kappa shape index (κ3) is 1.78. The molecule has 2 atom stereocenters. The monoisotopic (exact) mass is 301 g/mol. The van der Waals surface area contributed by atoms with Crippen molar-refractivity contribution in [2.24, 2.45) is 5.73 Å². The molecule has 0 aromatic carbocycles. The van der Waals surface area contributed by atoms with Crippen molar-refractivity contribution in [3.63, 3.8) is 0 Å². The van der Waals surface area contributed by atoms with Gasteiger partial charge in [-0.25, -0.2) is 0 Å². The largest absolute Gasteiger partial charge is 0.307 e. The molecule has 0 bridgehead atoms. The number of hydrogen-bond donors (Lipinski definition) is 1. The molecule has 1 rings (SSSR count). The number of hydrogen-bond acceptors (Lipinski definition) is 1. The number of halogens is 6. The molecule has 0 fully saturated rings. The topological polar surface area (TPSA) is 26.0 Å². The highest BCUT2D eigenvalue weighted by Crippen LogP contribution is 2.56. The van der Waals surface area contributed by atoms with E-state index in [1.165, 1.54) is 12.2 Å². The molecule has 0 aliphatic heterocycles. The van der Waals surface area contributed by atoms with E-state index in [4.69, 9.17) is 75.3 Å². The average Bonchev–Trinajstić information content (AvgIpc) is 1.97. The lowest BCUT2D eigenvalue weighted by atomic mass is 10.00. The minimum Gasteiger partial charge on any atom is -0.307 e. The van der Waals surface area contributed by atoms with Gasteiger partial charge in [0.25, 0.3) is 0 Å². The predicted molar refractivity (Wildman–Crippen MR) is 60.4 cm³/mol. The van der Waals surface area contributed by atoms with E-state index < -0.39 is 19.0 Å². The summed E-state index contributed by atoms with van der Waals surface area (Å²) in [6, 6.07) is 0. The Bertz CT molecular complexity index is 246. The van der Waals surface area contributed by atoms with Gasteiger partial charge in [-0.3, -0.25) is 0 Å². The van der Waals surface area contributed by atoms with Gasteiger partial charge in [-0.2, -0.15) is 0 Å². The van der Waals surface area contributed by atoms with Crippen LogP contribution in [0.2, 0.25) is 0 Å². The van der Waals surface area contributed by atoms with Gasteiger partial charge in [-0.1, -0.05) is 64.1 Å². The van der Waals surface area contributed by atoms with Crippen LogP contribution in [0.15, 0.2) is 12.2 Å². The molecule has 0 heterocycles. The first-order valence-electron chi connectivity index (χ1n) is 3.20. The van der Waals surface area contributed by atoms with Crippen molar-refractivity contribution in [3.05, 3.63) is 12.2 Å². The highest BCUT2D eigenvalue weighted by Gasteiger charge is 2.63. The molecule has 0 saturated carbocycles. The van der Waals surface area contributed by atoms with Crippen LogP contribution < -0.4 is 5.73 Å². The molecule has 1 aliphatic carbocycles. The Morgan fingerprint density at radius 2 is 1.54 bits per heavy atom. The lowest BCUT2D eigenvalue weighted by molar-refractivity contribution is 0.531. The molecule has 0 aromatic rings. The van der Waals surface area contributed by atoms with Gasteiger partial charge >= 0.3 is 0 Å². The lowest BCUT2D eigenvalue weighted by Gasteiger charge is -2.45. The highest BCUT2D eigenvalue weighted by atomic mass is 35.5. The lowest BCUT2D eigenvalue weighted by Crippen LogP contribution is -2.62. The summed E-state index contributed by atoms with van der Waals surface area (Å²) in [6.45, 7) is 0. The first kappa shape index (κ1) is 12.5. The molecule has 0 spiro atoms. The third-order valence-corrected chi connectivity index (χ3v) is 5.70. The summed E-state index contributed by atoms with van der Waals surface area (Å²) in [4.78, 5) is -1.54. The molecule has 2 N–H and O–H groups in total. The van der Waals surface area contributed by atoms with Gasteiger partial charge in [0.15, 0.2) is 8.67 Å². The fourth-order valence-electron chi connectivity index (χ4n) is 0.879. The highest BCUT2D eigenvalue weighted by molar-refractivity contribution is 6.67. The van der Waals surface area contributed by atoms with Crippen LogP contribution in [0.5, 0.6) is 0 Å². The SMILES string of the molecule is NC1(Cl)C=CC(Cl)C(Cl)(Cl)C1(Cl)Cl. The standard InChI is InChI=1S/C6H5Cl6N/c7-3-1-2-4(8,13)6(11,12)5(3,9)10/h1-3H,13H2. The number of allylic oxidation sites excluding steroid dienone is 1. The summed E-state index contributed by atoms with van der Waals surface area (Å²) in [5.74, 6) is 0. The van der Waals surface area contributed by atoms with Gasteiger partial charge in [-0.05, 0) is 6.08 Å². The zero-order valence-corrected chi connectivity index (χ0v) is 10.6. The number of alkyl halides is 6. The van der Waals surface area contributed by atoms with E-state index in [1.54, 1.807) is 0 Å². The second-order valence-electron chi connectivity index (χ2n) is 2.73. The van der Waals surface area contributed by atoms with E-state index >= 15 is 0 Å². The van der Waals surface area contributed by atoms with Crippen molar-refractivity contribution in [1.82, 2.24) is 0 Å². The summed E-state index contributed by atoms with van der Waals surface area (Å²) in [7, 11) is 0. The summed E-state index contributed by atoms with van der Waals surface area (Å²) < 4.78 is -3.39. The molecular formula is C6H5Cl6N. The minimum absolute atomic E-state index is 0.749. The molecule has 0 saturated heterocycles. The zero-order chi connectivity index (χ0) is 10.5. The summed E-state index contributed by atoms with van der Waals surface area (Å²) in [5, 5.41) is -0.749. The molecule has 76 valence electrons. The van der Waals surface area contributed by atoms with Crippen molar-refractivity contribution >= 4 is 69.6 Å². The Kier molecular flexibility index (Phi) is 3.35. The molecule has 1 nitrogen and oxygen atoms in total. The van der Waals surface area contributed by atoms with Crippen LogP contribution >= 0.6 is 69.6 Å².